The fraction of sp³-hybridized carbons (Fsp3) is 0.304. The molecule has 3 aromatic rings. The Bertz CT molecular complexity index is 1150. The van der Waals surface area contributed by atoms with Gasteiger partial charge in [-0.05, 0) is 36.2 Å². The Labute approximate surface area is 186 Å². The van der Waals surface area contributed by atoms with Gasteiger partial charge in [0.2, 0.25) is 11.7 Å². The van der Waals surface area contributed by atoms with Crippen LogP contribution in [0.1, 0.15) is 18.3 Å². The molecule has 1 fully saturated rings. The molecule has 1 amide bonds. The van der Waals surface area contributed by atoms with Crippen molar-refractivity contribution in [2.45, 2.75) is 13.3 Å². The molecule has 0 radical (unpaired) electrons. The van der Waals surface area contributed by atoms with E-state index in [9.17, 15) is 10.1 Å². The van der Waals surface area contributed by atoms with Crippen LogP contribution in [0.25, 0.3) is 10.9 Å². The normalized spacial score (nSPS) is 13.8. The van der Waals surface area contributed by atoms with Crippen molar-refractivity contribution in [2.75, 3.05) is 42.9 Å². The standard InChI is InChI=1S/C23H23ClN6O/c1-16(31)29-10-12-30(13-11-29)18-6-7-21-19(14-18)23(28-22(15-25)27-21)26-9-8-17-4-2-3-5-20(17)24/h2-7,14H,8-13H2,1H3,(H,26,27,28). The summed E-state index contributed by atoms with van der Waals surface area (Å²) in [5.74, 6) is 0.883. The number of rotatable bonds is 5. The van der Waals surface area contributed by atoms with Crippen molar-refractivity contribution >= 4 is 39.9 Å². The lowest BCUT2D eigenvalue weighted by molar-refractivity contribution is -0.129. The van der Waals surface area contributed by atoms with Gasteiger partial charge in [-0.2, -0.15) is 5.26 Å². The number of benzene rings is 2. The monoisotopic (exact) mass is 434 g/mol. The molecule has 0 aliphatic carbocycles. The summed E-state index contributed by atoms with van der Waals surface area (Å²) in [5, 5.41) is 14.3. The number of carbonyl (C=O) groups is 1. The van der Waals surface area contributed by atoms with E-state index in [0.29, 0.717) is 25.5 Å². The number of nitrogens with one attached hydrogen (secondary N) is 1. The number of piperazine rings is 1. The maximum atomic E-state index is 11.6. The van der Waals surface area contributed by atoms with E-state index in [0.717, 1.165) is 46.7 Å². The zero-order valence-electron chi connectivity index (χ0n) is 17.3. The third kappa shape index (κ3) is 4.70. The molecule has 1 N–H and O–H groups in total. The fourth-order valence-electron chi connectivity index (χ4n) is 3.79. The Morgan fingerprint density at radius 1 is 1.16 bits per heavy atom. The van der Waals surface area contributed by atoms with E-state index in [2.05, 4.69) is 26.3 Å². The number of amides is 1. The molecule has 1 saturated heterocycles. The highest BCUT2D eigenvalue weighted by atomic mass is 35.5. The lowest BCUT2D eigenvalue weighted by Crippen LogP contribution is -2.48. The predicted molar refractivity (Wildman–Crippen MR) is 122 cm³/mol. The first-order valence-corrected chi connectivity index (χ1v) is 10.6. The maximum absolute atomic E-state index is 11.6. The molecule has 31 heavy (non-hydrogen) atoms. The topological polar surface area (TPSA) is 85.2 Å². The molecule has 1 aliphatic rings. The third-order valence-electron chi connectivity index (χ3n) is 5.51. The van der Waals surface area contributed by atoms with E-state index < -0.39 is 0 Å². The summed E-state index contributed by atoms with van der Waals surface area (Å²) < 4.78 is 0. The number of nitriles is 1. The van der Waals surface area contributed by atoms with Crippen LogP contribution < -0.4 is 10.2 Å². The number of fused-ring (bicyclic) bond motifs is 1. The predicted octanol–water partition coefficient (Wildman–Crippen LogP) is 3.48. The average Bonchev–Trinajstić information content (AvgIpc) is 2.80. The molecule has 0 unspecified atom stereocenters. The molecule has 0 spiro atoms. The first kappa shape index (κ1) is 20.9. The second kappa shape index (κ2) is 9.19. The summed E-state index contributed by atoms with van der Waals surface area (Å²) in [5.41, 5.74) is 2.83. The van der Waals surface area contributed by atoms with Crippen molar-refractivity contribution in [3.05, 3.63) is 58.9 Å². The van der Waals surface area contributed by atoms with Crippen LogP contribution in [0.2, 0.25) is 5.02 Å². The highest BCUT2D eigenvalue weighted by Crippen LogP contribution is 2.27. The first-order valence-electron chi connectivity index (χ1n) is 10.2. The van der Waals surface area contributed by atoms with Crippen molar-refractivity contribution in [3.8, 4) is 6.07 Å². The minimum absolute atomic E-state index is 0.112. The molecular formula is C23H23ClN6O. The number of hydrogen-bond donors (Lipinski definition) is 1. The molecular weight excluding hydrogens is 412 g/mol. The number of halogens is 1. The number of aromatic nitrogens is 2. The van der Waals surface area contributed by atoms with E-state index in [4.69, 9.17) is 11.6 Å². The van der Waals surface area contributed by atoms with Crippen LogP contribution in [0.4, 0.5) is 11.5 Å². The van der Waals surface area contributed by atoms with E-state index >= 15 is 0 Å². The van der Waals surface area contributed by atoms with Gasteiger partial charge in [0.15, 0.2) is 0 Å². The Morgan fingerprint density at radius 2 is 1.94 bits per heavy atom. The quantitative estimate of drug-likeness (QED) is 0.661. The highest BCUT2D eigenvalue weighted by molar-refractivity contribution is 6.31. The van der Waals surface area contributed by atoms with Gasteiger partial charge in [-0.15, -0.1) is 0 Å². The lowest BCUT2D eigenvalue weighted by atomic mass is 10.1. The highest BCUT2D eigenvalue weighted by Gasteiger charge is 2.19. The molecule has 2 aromatic carbocycles. The zero-order valence-corrected chi connectivity index (χ0v) is 18.1. The Balaban J connectivity index is 1.56. The minimum atomic E-state index is 0.112. The summed E-state index contributed by atoms with van der Waals surface area (Å²) in [6.07, 6.45) is 0.736. The van der Waals surface area contributed by atoms with Gasteiger partial charge in [0.1, 0.15) is 11.9 Å². The first-order chi connectivity index (χ1) is 15.0. The van der Waals surface area contributed by atoms with E-state index in [1.807, 2.05) is 47.4 Å². The second-order valence-corrected chi connectivity index (χ2v) is 7.88. The van der Waals surface area contributed by atoms with Crippen LogP contribution in [0.3, 0.4) is 0 Å². The summed E-state index contributed by atoms with van der Waals surface area (Å²) in [6, 6.07) is 15.8. The zero-order chi connectivity index (χ0) is 21.8. The molecule has 0 saturated carbocycles. The summed E-state index contributed by atoms with van der Waals surface area (Å²) >= 11 is 6.26. The third-order valence-corrected chi connectivity index (χ3v) is 5.88. The van der Waals surface area contributed by atoms with Crippen molar-refractivity contribution in [3.63, 3.8) is 0 Å². The SMILES string of the molecule is CC(=O)N1CCN(c2ccc3nc(C#N)nc(NCCc4ccccc4Cl)c3c2)CC1. The Kier molecular flexibility index (Phi) is 6.19. The minimum Gasteiger partial charge on any atom is -0.369 e. The van der Waals surface area contributed by atoms with Gasteiger partial charge < -0.3 is 15.1 Å². The van der Waals surface area contributed by atoms with Gasteiger partial charge in [0.25, 0.3) is 0 Å². The van der Waals surface area contributed by atoms with Gasteiger partial charge in [0, 0.05) is 55.7 Å². The maximum Gasteiger partial charge on any atom is 0.234 e. The number of carbonyl (C=O) groups excluding carboxylic acids is 1. The van der Waals surface area contributed by atoms with Crippen LogP contribution in [0.15, 0.2) is 42.5 Å². The van der Waals surface area contributed by atoms with Crippen molar-refractivity contribution in [1.29, 1.82) is 5.26 Å². The van der Waals surface area contributed by atoms with E-state index in [1.165, 1.54) is 0 Å². The number of nitrogens with zero attached hydrogens (tertiary/aromatic N) is 5. The molecule has 4 rings (SSSR count). The van der Waals surface area contributed by atoms with Crippen molar-refractivity contribution in [1.82, 2.24) is 14.9 Å². The average molecular weight is 435 g/mol. The van der Waals surface area contributed by atoms with Crippen molar-refractivity contribution < 1.29 is 4.79 Å². The molecule has 0 bridgehead atoms. The van der Waals surface area contributed by atoms with Gasteiger partial charge in [0.05, 0.1) is 5.52 Å². The van der Waals surface area contributed by atoms with E-state index in [-0.39, 0.29) is 11.7 Å². The fourth-order valence-corrected chi connectivity index (χ4v) is 4.02. The van der Waals surface area contributed by atoms with Gasteiger partial charge in [-0.3, -0.25) is 4.79 Å². The summed E-state index contributed by atoms with van der Waals surface area (Å²) in [6.45, 7) is 5.20. The molecule has 7 nitrogen and oxygen atoms in total. The Hall–Kier alpha value is -3.37. The van der Waals surface area contributed by atoms with Gasteiger partial charge in [-0.1, -0.05) is 29.8 Å². The van der Waals surface area contributed by atoms with Gasteiger partial charge in [-0.25, -0.2) is 9.97 Å². The van der Waals surface area contributed by atoms with Crippen LogP contribution in [0.5, 0.6) is 0 Å². The molecule has 1 aliphatic heterocycles. The van der Waals surface area contributed by atoms with Crippen LogP contribution in [-0.4, -0.2) is 53.5 Å². The smallest absolute Gasteiger partial charge is 0.234 e. The molecule has 0 atom stereocenters. The summed E-state index contributed by atoms with van der Waals surface area (Å²) in [4.78, 5) is 24.5. The largest absolute Gasteiger partial charge is 0.369 e. The van der Waals surface area contributed by atoms with Crippen molar-refractivity contribution in [2.24, 2.45) is 0 Å². The van der Waals surface area contributed by atoms with E-state index in [1.54, 1.807) is 6.92 Å². The molecule has 1 aromatic heterocycles. The lowest BCUT2D eigenvalue weighted by Gasteiger charge is -2.35. The van der Waals surface area contributed by atoms with Gasteiger partial charge >= 0.3 is 0 Å². The molecule has 158 valence electrons. The molecule has 8 heteroatoms. The Morgan fingerprint density at radius 3 is 2.65 bits per heavy atom. The van der Waals surface area contributed by atoms with Crippen LogP contribution in [-0.2, 0) is 11.2 Å². The number of anilines is 2. The number of hydrogen-bond acceptors (Lipinski definition) is 6. The summed E-state index contributed by atoms with van der Waals surface area (Å²) in [7, 11) is 0. The van der Waals surface area contributed by atoms with Crippen LogP contribution >= 0.6 is 11.6 Å². The molecule has 2 heterocycles. The van der Waals surface area contributed by atoms with Crippen LogP contribution in [0, 0.1) is 11.3 Å². The second-order valence-electron chi connectivity index (χ2n) is 7.47.